The van der Waals surface area contributed by atoms with Gasteiger partial charge in [-0.05, 0) is 74.5 Å². The van der Waals surface area contributed by atoms with Crippen LogP contribution in [-0.4, -0.2) is 45.3 Å². The standard InChI is InChI=1S/C21H27ClN2O5S/c1-24(2)30(27,28)16-3-4-17(22)18(8-16)23-19(25)12-29-20(26)21-9-13-5-14(10-21)7-15(6-13)11-21/h3-4,8,13-15H,5-7,9-12H2,1-2H3,(H,23,25). The Hall–Kier alpha value is -1.64. The van der Waals surface area contributed by atoms with Crippen LogP contribution in [0.2, 0.25) is 5.02 Å². The second-order valence-corrected chi connectivity index (χ2v) is 11.8. The second-order valence-electron chi connectivity index (χ2n) is 9.25. The Balaban J connectivity index is 1.39. The lowest BCUT2D eigenvalue weighted by Gasteiger charge is -2.55. The number of hydrogen-bond acceptors (Lipinski definition) is 5. The van der Waals surface area contributed by atoms with E-state index in [0.29, 0.717) is 17.8 Å². The van der Waals surface area contributed by atoms with E-state index in [1.165, 1.54) is 51.6 Å². The number of amides is 1. The molecule has 9 heteroatoms. The summed E-state index contributed by atoms with van der Waals surface area (Å²) in [6.07, 6.45) is 6.27. The third kappa shape index (κ3) is 3.97. The Morgan fingerprint density at radius 2 is 1.70 bits per heavy atom. The maximum absolute atomic E-state index is 12.9. The third-order valence-electron chi connectivity index (χ3n) is 6.80. The number of carbonyl (C=O) groups excluding carboxylic acids is 2. The molecule has 0 spiro atoms. The zero-order chi connectivity index (χ0) is 21.7. The van der Waals surface area contributed by atoms with E-state index in [2.05, 4.69) is 5.32 Å². The lowest BCUT2D eigenvalue weighted by molar-refractivity contribution is -0.172. The van der Waals surface area contributed by atoms with Crippen LogP contribution in [0, 0.1) is 23.2 Å². The Labute approximate surface area is 182 Å². The van der Waals surface area contributed by atoms with Crippen molar-refractivity contribution in [3.63, 3.8) is 0 Å². The predicted octanol–water partition coefficient (Wildman–Crippen LogP) is 3.29. The molecular weight excluding hydrogens is 428 g/mol. The number of hydrogen-bond donors (Lipinski definition) is 1. The number of ether oxygens (including phenoxy) is 1. The van der Waals surface area contributed by atoms with Gasteiger partial charge in [-0.3, -0.25) is 9.59 Å². The van der Waals surface area contributed by atoms with E-state index in [0.717, 1.165) is 23.6 Å². The maximum atomic E-state index is 12.9. The van der Waals surface area contributed by atoms with E-state index in [4.69, 9.17) is 16.3 Å². The number of nitrogens with zero attached hydrogens (tertiary/aromatic N) is 1. The van der Waals surface area contributed by atoms with Gasteiger partial charge in [0.25, 0.3) is 5.91 Å². The number of carbonyl (C=O) groups is 2. The van der Waals surface area contributed by atoms with Crippen LogP contribution in [0.5, 0.6) is 0 Å². The van der Waals surface area contributed by atoms with Crippen LogP contribution in [0.15, 0.2) is 23.1 Å². The average Bonchev–Trinajstić information content (AvgIpc) is 2.66. The number of esters is 1. The molecule has 4 fully saturated rings. The molecule has 0 saturated heterocycles. The minimum absolute atomic E-state index is 0.0118. The molecule has 4 saturated carbocycles. The Kier molecular flexibility index (Phi) is 5.61. The van der Waals surface area contributed by atoms with Crippen molar-refractivity contribution in [3.8, 4) is 0 Å². The van der Waals surface area contributed by atoms with Crippen LogP contribution >= 0.6 is 11.6 Å². The molecule has 164 valence electrons. The van der Waals surface area contributed by atoms with Gasteiger partial charge in [0.1, 0.15) is 0 Å². The molecule has 0 unspecified atom stereocenters. The van der Waals surface area contributed by atoms with Gasteiger partial charge >= 0.3 is 5.97 Å². The highest BCUT2D eigenvalue weighted by Gasteiger charge is 2.55. The fourth-order valence-corrected chi connectivity index (χ4v) is 6.90. The van der Waals surface area contributed by atoms with Gasteiger partial charge in [-0.1, -0.05) is 11.6 Å². The van der Waals surface area contributed by atoms with E-state index in [-0.39, 0.29) is 21.6 Å². The van der Waals surface area contributed by atoms with Crippen LogP contribution in [0.25, 0.3) is 0 Å². The number of rotatable bonds is 6. The van der Waals surface area contributed by atoms with E-state index in [1.54, 1.807) is 0 Å². The molecule has 30 heavy (non-hydrogen) atoms. The summed E-state index contributed by atoms with van der Waals surface area (Å²) in [6, 6.07) is 4.09. The first-order valence-electron chi connectivity index (χ1n) is 10.3. The molecule has 7 nitrogen and oxygen atoms in total. The summed E-state index contributed by atoms with van der Waals surface area (Å²) in [5.41, 5.74) is -0.262. The lowest BCUT2D eigenvalue weighted by Crippen LogP contribution is -2.50. The molecule has 0 heterocycles. The maximum Gasteiger partial charge on any atom is 0.312 e. The molecule has 0 radical (unpaired) electrons. The number of halogens is 1. The van der Waals surface area contributed by atoms with Crippen LogP contribution in [-0.2, 0) is 24.3 Å². The molecule has 0 atom stereocenters. The molecule has 4 aliphatic carbocycles. The van der Waals surface area contributed by atoms with E-state index in [1.807, 2.05) is 0 Å². The Morgan fingerprint density at radius 1 is 1.13 bits per heavy atom. The molecule has 1 aromatic rings. The average molecular weight is 455 g/mol. The highest BCUT2D eigenvalue weighted by Crippen LogP contribution is 2.60. The number of anilines is 1. The summed E-state index contributed by atoms with van der Waals surface area (Å²) in [5.74, 6) is 1.01. The van der Waals surface area contributed by atoms with Gasteiger partial charge in [-0.15, -0.1) is 0 Å². The summed E-state index contributed by atoms with van der Waals surface area (Å²) >= 11 is 6.11. The molecular formula is C21H27ClN2O5S. The van der Waals surface area contributed by atoms with Gasteiger partial charge in [-0.2, -0.15) is 0 Å². The van der Waals surface area contributed by atoms with Crippen LogP contribution in [0.1, 0.15) is 38.5 Å². The second kappa shape index (κ2) is 7.80. The van der Waals surface area contributed by atoms with Crippen LogP contribution in [0.3, 0.4) is 0 Å². The fourth-order valence-electron chi connectivity index (χ4n) is 5.80. The van der Waals surface area contributed by atoms with Crippen molar-refractivity contribution in [2.24, 2.45) is 23.2 Å². The highest BCUT2D eigenvalue weighted by molar-refractivity contribution is 7.89. The van der Waals surface area contributed by atoms with Crippen molar-refractivity contribution in [1.82, 2.24) is 4.31 Å². The Morgan fingerprint density at radius 3 is 2.23 bits per heavy atom. The number of sulfonamides is 1. The molecule has 5 rings (SSSR count). The predicted molar refractivity (Wildman–Crippen MR) is 113 cm³/mol. The first-order valence-corrected chi connectivity index (χ1v) is 12.1. The SMILES string of the molecule is CN(C)S(=O)(=O)c1ccc(Cl)c(NC(=O)COC(=O)C23CC4CC(CC(C4)C2)C3)c1. The molecule has 4 aliphatic rings. The van der Waals surface area contributed by atoms with Crippen molar-refractivity contribution >= 4 is 39.2 Å². The summed E-state index contributed by atoms with van der Waals surface area (Å²) in [5, 5.41) is 2.76. The topological polar surface area (TPSA) is 92.8 Å². The van der Waals surface area contributed by atoms with Gasteiger partial charge in [-0.25, -0.2) is 12.7 Å². The highest BCUT2D eigenvalue weighted by atomic mass is 35.5. The monoisotopic (exact) mass is 454 g/mol. The molecule has 1 aromatic carbocycles. The Bertz CT molecular complexity index is 940. The molecule has 4 bridgehead atoms. The minimum Gasteiger partial charge on any atom is -0.455 e. The molecule has 1 amide bonds. The molecule has 0 aliphatic heterocycles. The molecule has 1 N–H and O–H groups in total. The van der Waals surface area contributed by atoms with Crippen molar-refractivity contribution < 1.29 is 22.7 Å². The van der Waals surface area contributed by atoms with Gasteiger partial charge in [0, 0.05) is 14.1 Å². The van der Waals surface area contributed by atoms with Gasteiger partial charge < -0.3 is 10.1 Å². The number of nitrogens with one attached hydrogen (secondary N) is 1. The quantitative estimate of drug-likeness (QED) is 0.666. The van der Waals surface area contributed by atoms with Crippen LogP contribution in [0.4, 0.5) is 5.69 Å². The smallest absolute Gasteiger partial charge is 0.312 e. The summed E-state index contributed by atoms with van der Waals surface area (Å²) < 4.78 is 31.1. The van der Waals surface area contributed by atoms with Gasteiger partial charge in [0.2, 0.25) is 10.0 Å². The van der Waals surface area contributed by atoms with E-state index in [9.17, 15) is 18.0 Å². The number of benzene rings is 1. The largest absolute Gasteiger partial charge is 0.455 e. The normalized spacial score (nSPS) is 29.8. The van der Waals surface area contributed by atoms with Crippen molar-refractivity contribution in [2.45, 2.75) is 43.4 Å². The fraction of sp³-hybridized carbons (Fsp3) is 0.619. The zero-order valence-electron chi connectivity index (χ0n) is 17.2. The minimum atomic E-state index is -3.67. The molecule has 0 aromatic heterocycles. The van der Waals surface area contributed by atoms with Gasteiger partial charge in [0.15, 0.2) is 6.61 Å². The van der Waals surface area contributed by atoms with E-state index < -0.39 is 28.0 Å². The summed E-state index contributed by atoms with van der Waals surface area (Å²) in [4.78, 5) is 25.3. The lowest BCUT2D eigenvalue weighted by atomic mass is 9.49. The van der Waals surface area contributed by atoms with Crippen molar-refractivity contribution in [2.75, 3.05) is 26.0 Å². The first-order chi connectivity index (χ1) is 14.1. The first kappa shape index (κ1) is 21.6. The van der Waals surface area contributed by atoms with Crippen LogP contribution < -0.4 is 5.32 Å². The zero-order valence-corrected chi connectivity index (χ0v) is 18.8. The van der Waals surface area contributed by atoms with Gasteiger partial charge in [0.05, 0.1) is 21.0 Å². The van der Waals surface area contributed by atoms with E-state index >= 15 is 0 Å². The summed E-state index contributed by atoms with van der Waals surface area (Å²) in [7, 11) is -0.820. The van der Waals surface area contributed by atoms with Crippen molar-refractivity contribution in [1.29, 1.82) is 0 Å². The summed E-state index contributed by atoms with van der Waals surface area (Å²) in [6.45, 7) is -0.415. The van der Waals surface area contributed by atoms with Crippen molar-refractivity contribution in [3.05, 3.63) is 23.2 Å². The third-order valence-corrected chi connectivity index (χ3v) is 8.94.